The van der Waals surface area contributed by atoms with Crippen LogP contribution in [0.2, 0.25) is 5.02 Å². The fraction of sp³-hybridized carbons (Fsp3) is 0.400. The van der Waals surface area contributed by atoms with Gasteiger partial charge in [-0.1, -0.05) is 11.6 Å². The molecule has 1 atom stereocenters. The van der Waals surface area contributed by atoms with E-state index in [0.29, 0.717) is 17.4 Å². The molecular formula is C10H11BrClFN2O2S. The molecule has 0 radical (unpaired) electrons. The molecule has 4 nitrogen and oxygen atoms in total. The summed E-state index contributed by atoms with van der Waals surface area (Å²) in [5.41, 5.74) is 0. The summed E-state index contributed by atoms with van der Waals surface area (Å²) < 4.78 is 40.5. The lowest BCUT2D eigenvalue weighted by molar-refractivity contribution is 0.542. The van der Waals surface area contributed by atoms with Gasteiger partial charge in [0.1, 0.15) is 10.7 Å². The van der Waals surface area contributed by atoms with Crippen LogP contribution < -0.4 is 10.0 Å². The molecule has 0 bridgehead atoms. The molecule has 1 aromatic rings. The lowest BCUT2D eigenvalue weighted by atomic mass is 10.3. The third-order valence-corrected chi connectivity index (χ3v) is 5.38. The van der Waals surface area contributed by atoms with Gasteiger partial charge in [-0.05, 0) is 41.0 Å². The van der Waals surface area contributed by atoms with Gasteiger partial charge in [-0.2, -0.15) is 0 Å². The Morgan fingerprint density at radius 2 is 2.22 bits per heavy atom. The van der Waals surface area contributed by atoms with Crippen molar-refractivity contribution in [3.05, 3.63) is 27.4 Å². The Balaban J connectivity index is 2.31. The van der Waals surface area contributed by atoms with Crippen LogP contribution in [0.4, 0.5) is 4.39 Å². The smallest absolute Gasteiger partial charge is 0.243 e. The molecule has 18 heavy (non-hydrogen) atoms. The van der Waals surface area contributed by atoms with Crippen LogP contribution in [0, 0.1) is 5.82 Å². The molecule has 1 fully saturated rings. The van der Waals surface area contributed by atoms with Crippen molar-refractivity contribution in [2.75, 3.05) is 13.1 Å². The number of hydrogen-bond donors (Lipinski definition) is 2. The molecule has 1 heterocycles. The summed E-state index contributed by atoms with van der Waals surface area (Å²) in [5.74, 6) is -0.829. The third kappa shape index (κ3) is 3.03. The molecule has 0 saturated carbocycles. The highest BCUT2D eigenvalue weighted by Crippen LogP contribution is 2.28. The summed E-state index contributed by atoms with van der Waals surface area (Å²) in [4.78, 5) is -0.428. The zero-order chi connectivity index (χ0) is 13.3. The van der Waals surface area contributed by atoms with Gasteiger partial charge in [-0.25, -0.2) is 17.5 Å². The predicted octanol–water partition coefficient (Wildman–Crippen LogP) is 1.88. The summed E-state index contributed by atoms with van der Waals surface area (Å²) in [6.07, 6.45) is 0.686. The average molecular weight is 358 g/mol. The highest BCUT2D eigenvalue weighted by atomic mass is 79.9. The SMILES string of the molecule is O=S(=O)(NC1CCNC1)c1cc(Cl)c(Br)cc1F. The van der Waals surface area contributed by atoms with Gasteiger partial charge in [-0.15, -0.1) is 0 Å². The van der Waals surface area contributed by atoms with E-state index in [1.54, 1.807) is 0 Å². The first kappa shape index (κ1) is 14.2. The second-order valence-electron chi connectivity index (χ2n) is 4.01. The maximum Gasteiger partial charge on any atom is 0.243 e. The average Bonchev–Trinajstić information content (AvgIpc) is 2.75. The zero-order valence-corrected chi connectivity index (χ0v) is 12.4. The van der Waals surface area contributed by atoms with Crippen LogP contribution in [0.5, 0.6) is 0 Å². The first-order valence-corrected chi connectivity index (χ1v) is 7.93. The van der Waals surface area contributed by atoms with Crippen molar-refractivity contribution >= 4 is 37.6 Å². The van der Waals surface area contributed by atoms with Crippen LogP contribution in [-0.2, 0) is 10.0 Å². The minimum atomic E-state index is -3.88. The van der Waals surface area contributed by atoms with Crippen molar-refractivity contribution in [3.63, 3.8) is 0 Å². The second kappa shape index (κ2) is 5.42. The van der Waals surface area contributed by atoms with Gasteiger partial charge >= 0.3 is 0 Å². The fourth-order valence-electron chi connectivity index (χ4n) is 1.75. The van der Waals surface area contributed by atoms with E-state index in [-0.39, 0.29) is 11.1 Å². The minimum Gasteiger partial charge on any atom is -0.315 e. The highest BCUT2D eigenvalue weighted by Gasteiger charge is 2.26. The van der Waals surface area contributed by atoms with Gasteiger partial charge in [-0.3, -0.25) is 0 Å². The molecular weight excluding hydrogens is 347 g/mol. The Morgan fingerprint density at radius 3 is 2.83 bits per heavy atom. The quantitative estimate of drug-likeness (QED) is 0.812. The van der Waals surface area contributed by atoms with E-state index in [4.69, 9.17) is 11.6 Å². The van der Waals surface area contributed by atoms with Crippen LogP contribution in [0.15, 0.2) is 21.5 Å². The first-order chi connectivity index (χ1) is 8.40. The van der Waals surface area contributed by atoms with Crippen molar-refractivity contribution in [1.82, 2.24) is 10.0 Å². The molecule has 1 aliphatic rings. The Bertz CT molecular complexity index is 561. The Kier molecular flexibility index (Phi) is 4.28. The number of sulfonamides is 1. The molecule has 100 valence electrons. The van der Waals surface area contributed by atoms with Crippen molar-refractivity contribution in [1.29, 1.82) is 0 Å². The van der Waals surface area contributed by atoms with Crippen molar-refractivity contribution < 1.29 is 12.8 Å². The normalized spacial score (nSPS) is 20.3. The monoisotopic (exact) mass is 356 g/mol. The number of benzene rings is 1. The van der Waals surface area contributed by atoms with E-state index >= 15 is 0 Å². The fourth-order valence-corrected chi connectivity index (χ4v) is 3.65. The standard InChI is InChI=1S/C10H11BrClFN2O2S/c11-7-3-9(13)10(4-8(7)12)18(16,17)15-6-1-2-14-5-6/h3-4,6,14-15H,1-2,5H2. The maximum absolute atomic E-state index is 13.7. The van der Waals surface area contributed by atoms with Gasteiger partial charge in [0.15, 0.2) is 0 Å². The topological polar surface area (TPSA) is 58.2 Å². The molecule has 1 aliphatic heterocycles. The summed E-state index contributed by atoms with van der Waals surface area (Å²) in [5, 5.41) is 3.18. The van der Waals surface area contributed by atoms with Crippen LogP contribution in [0.1, 0.15) is 6.42 Å². The van der Waals surface area contributed by atoms with E-state index in [0.717, 1.165) is 18.7 Å². The Morgan fingerprint density at radius 1 is 1.50 bits per heavy atom. The summed E-state index contributed by atoms with van der Waals surface area (Å²) in [6.45, 7) is 1.29. The van der Waals surface area contributed by atoms with Gasteiger partial charge in [0.2, 0.25) is 10.0 Å². The van der Waals surface area contributed by atoms with Gasteiger partial charge in [0, 0.05) is 17.1 Å². The van der Waals surface area contributed by atoms with E-state index in [1.165, 1.54) is 0 Å². The Hall–Kier alpha value is -0.210. The maximum atomic E-state index is 13.7. The number of hydrogen-bond acceptors (Lipinski definition) is 3. The molecule has 0 spiro atoms. The van der Waals surface area contributed by atoms with Crippen LogP contribution in [0.3, 0.4) is 0 Å². The van der Waals surface area contributed by atoms with E-state index in [1.807, 2.05) is 0 Å². The molecule has 2 N–H and O–H groups in total. The molecule has 0 aliphatic carbocycles. The largest absolute Gasteiger partial charge is 0.315 e. The molecule has 1 unspecified atom stereocenters. The van der Waals surface area contributed by atoms with Crippen LogP contribution in [-0.4, -0.2) is 27.5 Å². The predicted molar refractivity (Wildman–Crippen MR) is 70.7 cm³/mol. The van der Waals surface area contributed by atoms with Crippen molar-refractivity contribution in [2.45, 2.75) is 17.4 Å². The van der Waals surface area contributed by atoms with E-state index in [9.17, 15) is 12.8 Å². The second-order valence-corrected chi connectivity index (χ2v) is 6.95. The lowest BCUT2D eigenvalue weighted by Gasteiger charge is -2.13. The summed E-state index contributed by atoms with van der Waals surface area (Å²) in [6, 6.07) is 1.94. The minimum absolute atomic E-state index is 0.154. The van der Waals surface area contributed by atoms with Gasteiger partial charge in [0.05, 0.1) is 5.02 Å². The lowest BCUT2D eigenvalue weighted by Crippen LogP contribution is -2.36. The summed E-state index contributed by atoms with van der Waals surface area (Å²) >= 11 is 8.83. The molecule has 1 saturated heterocycles. The first-order valence-electron chi connectivity index (χ1n) is 5.28. The van der Waals surface area contributed by atoms with Gasteiger partial charge in [0.25, 0.3) is 0 Å². The van der Waals surface area contributed by atoms with Crippen LogP contribution >= 0.6 is 27.5 Å². The molecule has 0 aromatic heterocycles. The number of nitrogens with one attached hydrogen (secondary N) is 2. The summed E-state index contributed by atoms with van der Waals surface area (Å²) in [7, 11) is -3.88. The van der Waals surface area contributed by atoms with E-state index in [2.05, 4.69) is 26.0 Å². The molecule has 0 amide bonds. The van der Waals surface area contributed by atoms with Crippen molar-refractivity contribution in [3.8, 4) is 0 Å². The van der Waals surface area contributed by atoms with Crippen LogP contribution in [0.25, 0.3) is 0 Å². The van der Waals surface area contributed by atoms with Crippen molar-refractivity contribution in [2.24, 2.45) is 0 Å². The number of rotatable bonds is 3. The molecule has 1 aromatic carbocycles. The number of halogens is 3. The van der Waals surface area contributed by atoms with E-state index < -0.39 is 20.7 Å². The molecule has 8 heteroatoms. The molecule has 2 rings (SSSR count). The third-order valence-electron chi connectivity index (χ3n) is 2.65. The zero-order valence-electron chi connectivity index (χ0n) is 9.21. The van der Waals surface area contributed by atoms with Gasteiger partial charge < -0.3 is 5.32 Å². The Labute approximate surface area is 118 Å². The highest BCUT2D eigenvalue weighted by molar-refractivity contribution is 9.10.